The van der Waals surface area contributed by atoms with Gasteiger partial charge in [-0.3, -0.25) is 4.72 Å². The number of sulfonamides is 1. The third-order valence-corrected chi connectivity index (χ3v) is 5.74. The predicted molar refractivity (Wildman–Crippen MR) is 100.0 cm³/mol. The van der Waals surface area contributed by atoms with Crippen molar-refractivity contribution in [3.63, 3.8) is 0 Å². The Morgan fingerprint density at radius 2 is 1.67 bits per heavy atom. The molecule has 0 fully saturated rings. The summed E-state index contributed by atoms with van der Waals surface area (Å²) < 4.78 is 64.7. The first-order valence-electron chi connectivity index (χ1n) is 7.82. The average Bonchev–Trinajstić information content (AvgIpc) is 3.01. The number of aromatic nitrogens is 1. The molecule has 9 heteroatoms. The molecular weight excluding hydrogens is 397 g/mol. The second-order valence-corrected chi connectivity index (χ2v) is 8.67. The number of rotatable bonds is 5. The number of halogens is 3. The maximum atomic E-state index is 12.6. The van der Waals surface area contributed by atoms with E-state index in [1.807, 2.05) is 12.3 Å². The lowest BCUT2D eigenvalue weighted by Crippen LogP contribution is -2.15. The molecule has 27 heavy (non-hydrogen) atoms. The molecule has 2 aromatic carbocycles. The Hall–Kier alpha value is -2.39. The van der Waals surface area contributed by atoms with Crippen LogP contribution in [0.4, 0.5) is 18.9 Å². The zero-order chi connectivity index (χ0) is 19.7. The van der Waals surface area contributed by atoms with Gasteiger partial charge < -0.3 is 0 Å². The molecule has 4 nitrogen and oxygen atoms in total. The van der Waals surface area contributed by atoms with E-state index in [0.29, 0.717) is 5.69 Å². The Labute approximate surface area is 158 Å². The molecule has 0 unspecified atom stereocenters. The van der Waals surface area contributed by atoms with Crippen LogP contribution in [0.5, 0.6) is 0 Å². The summed E-state index contributed by atoms with van der Waals surface area (Å²) in [5.41, 5.74) is 1.51. The van der Waals surface area contributed by atoms with E-state index in [0.717, 1.165) is 40.5 Å². The van der Waals surface area contributed by atoms with E-state index in [1.54, 1.807) is 24.3 Å². The smallest absolute Gasteiger partial charge is 0.283 e. The highest BCUT2D eigenvalue weighted by Gasteiger charge is 2.30. The number of aryl methyl sites for hydroxylation is 1. The minimum atomic E-state index is -4.45. The van der Waals surface area contributed by atoms with Crippen LogP contribution in [0.2, 0.25) is 0 Å². The Bertz CT molecular complexity index is 1030. The van der Waals surface area contributed by atoms with Crippen LogP contribution >= 0.6 is 11.3 Å². The molecule has 142 valence electrons. The molecule has 0 spiro atoms. The minimum absolute atomic E-state index is 0.269. The van der Waals surface area contributed by atoms with Gasteiger partial charge in [0, 0.05) is 16.6 Å². The highest BCUT2D eigenvalue weighted by atomic mass is 32.2. The number of benzene rings is 2. The predicted octanol–water partition coefficient (Wildman–Crippen LogP) is 5.08. The number of hydrogen-bond acceptors (Lipinski definition) is 4. The quantitative estimate of drug-likeness (QED) is 0.636. The van der Waals surface area contributed by atoms with E-state index >= 15 is 0 Å². The van der Waals surface area contributed by atoms with Gasteiger partial charge in [0.15, 0.2) is 0 Å². The van der Waals surface area contributed by atoms with Crippen LogP contribution in [-0.2, 0) is 22.0 Å². The molecule has 3 aromatic rings. The number of anilines is 1. The number of thiazole rings is 1. The molecule has 3 rings (SSSR count). The van der Waals surface area contributed by atoms with Gasteiger partial charge in [0.05, 0.1) is 22.0 Å². The Kier molecular flexibility index (Phi) is 5.25. The molecule has 0 aliphatic heterocycles. The van der Waals surface area contributed by atoms with E-state index in [2.05, 4.69) is 9.71 Å². The lowest BCUT2D eigenvalue weighted by Gasteiger charge is -2.10. The lowest BCUT2D eigenvalue weighted by atomic mass is 10.1. The Morgan fingerprint density at radius 3 is 2.19 bits per heavy atom. The first-order valence-corrected chi connectivity index (χ1v) is 10.3. The molecule has 0 aliphatic carbocycles. The Balaban J connectivity index is 1.69. The first kappa shape index (κ1) is 19.4. The molecule has 0 saturated heterocycles. The molecule has 0 saturated carbocycles. The molecule has 0 atom stereocenters. The maximum absolute atomic E-state index is 12.6. The van der Waals surface area contributed by atoms with Crippen molar-refractivity contribution in [2.45, 2.75) is 18.9 Å². The highest BCUT2D eigenvalue weighted by Crippen LogP contribution is 2.29. The molecule has 0 amide bonds. The minimum Gasteiger partial charge on any atom is -0.283 e. The lowest BCUT2D eigenvalue weighted by molar-refractivity contribution is -0.137. The number of alkyl halides is 3. The van der Waals surface area contributed by atoms with Crippen molar-refractivity contribution in [1.29, 1.82) is 0 Å². The van der Waals surface area contributed by atoms with Crippen molar-refractivity contribution in [3.05, 3.63) is 70.0 Å². The molecular formula is C18H15F3N2O2S2. The van der Waals surface area contributed by atoms with Crippen LogP contribution in [0.3, 0.4) is 0 Å². The van der Waals surface area contributed by atoms with Gasteiger partial charge in [0.2, 0.25) is 10.0 Å². The van der Waals surface area contributed by atoms with Crippen molar-refractivity contribution >= 4 is 27.0 Å². The van der Waals surface area contributed by atoms with Crippen molar-refractivity contribution in [1.82, 2.24) is 4.98 Å². The van der Waals surface area contributed by atoms with Crippen LogP contribution in [-0.4, -0.2) is 13.4 Å². The molecule has 1 heterocycles. The van der Waals surface area contributed by atoms with Gasteiger partial charge in [-0.25, -0.2) is 13.4 Å². The molecule has 0 bridgehead atoms. The van der Waals surface area contributed by atoms with E-state index in [9.17, 15) is 21.6 Å². The summed E-state index contributed by atoms with van der Waals surface area (Å²) in [7, 11) is -3.75. The van der Waals surface area contributed by atoms with Crippen molar-refractivity contribution in [2.24, 2.45) is 0 Å². The maximum Gasteiger partial charge on any atom is 0.416 e. The normalized spacial score (nSPS) is 12.1. The number of nitrogens with one attached hydrogen (secondary N) is 1. The van der Waals surface area contributed by atoms with Crippen LogP contribution in [0.1, 0.15) is 16.1 Å². The van der Waals surface area contributed by atoms with E-state index in [-0.39, 0.29) is 5.56 Å². The monoisotopic (exact) mass is 412 g/mol. The van der Waals surface area contributed by atoms with E-state index in [4.69, 9.17) is 0 Å². The summed E-state index contributed by atoms with van der Waals surface area (Å²) >= 11 is 1.52. The van der Waals surface area contributed by atoms with Crippen molar-refractivity contribution < 1.29 is 21.6 Å². The number of hydrogen-bond donors (Lipinski definition) is 1. The summed E-state index contributed by atoms with van der Waals surface area (Å²) in [6.07, 6.45) is -4.45. The Morgan fingerprint density at radius 1 is 1.04 bits per heavy atom. The third kappa shape index (κ3) is 5.08. The van der Waals surface area contributed by atoms with Gasteiger partial charge in [-0.05, 0) is 36.8 Å². The zero-order valence-corrected chi connectivity index (χ0v) is 15.8. The molecule has 1 aromatic heterocycles. The molecule has 0 aliphatic rings. The topological polar surface area (TPSA) is 59.1 Å². The summed E-state index contributed by atoms with van der Waals surface area (Å²) in [6, 6.07) is 10.8. The van der Waals surface area contributed by atoms with E-state index < -0.39 is 27.5 Å². The van der Waals surface area contributed by atoms with Gasteiger partial charge in [-0.15, -0.1) is 11.3 Å². The summed E-state index contributed by atoms with van der Waals surface area (Å²) in [6.45, 7) is 1.90. The summed E-state index contributed by atoms with van der Waals surface area (Å²) in [5.74, 6) is -0.418. The third-order valence-electron chi connectivity index (χ3n) is 3.71. The zero-order valence-electron chi connectivity index (χ0n) is 14.1. The second kappa shape index (κ2) is 7.32. The van der Waals surface area contributed by atoms with Gasteiger partial charge in [0.1, 0.15) is 0 Å². The van der Waals surface area contributed by atoms with Gasteiger partial charge >= 0.3 is 6.18 Å². The van der Waals surface area contributed by atoms with E-state index in [1.165, 1.54) is 11.3 Å². The fourth-order valence-electron chi connectivity index (χ4n) is 2.43. The number of nitrogens with zero attached hydrogens (tertiary/aromatic N) is 1. The van der Waals surface area contributed by atoms with Crippen LogP contribution < -0.4 is 4.72 Å². The van der Waals surface area contributed by atoms with Crippen LogP contribution in [0.25, 0.3) is 11.3 Å². The first-order chi connectivity index (χ1) is 12.6. The van der Waals surface area contributed by atoms with Gasteiger partial charge in [0.25, 0.3) is 0 Å². The molecule has 0 radical (unpaired) electrons. The SMILES string of the molecule is Cc1nc(-c2ccc(NS(=O)(=O)Cc3ccc(C(F)(F)F)cc3)cc2)cs1. The fourth-order valence-corrected chi connectivity index (χ4v) is 4.25. The van der Waals surface area contributed by atoms with Crippen molar-refractivity contribution in [2.75, 3.05) is 4.72 Å². The average molecular weight is 412 g/mol. The van der Waals surface area contributed by atoms with Gasteiger partial charge in [-0.2, -0.15) is 13.2 Å². The summed E-state index contributed by atoms with van der Waals surface area (Å²) in [5, 5.41) is 2.85. The summed E-state index contributed by atoms with van der Waals surface area (Å²) in [4.78, 5) is 4.37. The fraction of sp³-hybridized carbons (Fsp3) is 0.167. The van der Waals surface area contributed by atoms with Crippen molar-refractivity contribution in [3.8, 4) is 11.3 Å². The highest BCUT2D eigenvalue weighted by molar-refractivity contribution is 7.91. The molecule has 1 N–H and O–H groups in total. The standard InChI is InChI=1S/C18H15F3N2O2S2/c1-12-22-17(10-26-12)14-4-8-16(9-5-14)23-27(24,25)11-13-2-6-15(7-3-13)18(19,20)21/h2-10,23H,11H2,1H3. The second-order valence-electron chi connectivity index (χ2n) is 5.88. The largest absolute Gasteiger partial charge is 0.416 e. The van der Waals surface area contributed by atoms with Crippen LogP contribution in [0.15, 0.2) is 53.9 Å². The van der Waals surface area contributed by atoms with Gasteiger partial charge in [-0.1, -0.05) is 24.3 Å². The van der Waals surface area contributed by atoms with Crippen LogP contribution in [0, 0.1) is 6.92 Å².